The van der Waals surface area contributed by atoms with E-state index in [-0.39, 0.29) is 30.7 Å². The molecule has 1 aromatic carbocycles. The molecule has 0 aliphatic carbocycles. The number of pyridine rings is 1. The number of carbonyl (C=O) groups excluding carboxylic acids is 1. The van der Waals surface area contributed by atoms with Gasteiger partial charge >= 0.3 is 0 Å². The highest BCUT2D eigenvalue weighted by molar-refractivity contribution is 5.85. The summed E-state index contributed by atoms with van der Waals surface area (Å²) in [7, 11) is 0. The zero-order valence-electron chi connectivity index (χ0n) is 13.5. The van der Waals surface area contributed by atoms with Crippen molar-refractivity contribution in [3.63, 3.8) is 0 Å². The molecule has 0 spiro atoms. The van der Waals surface area contributed by atoms with Gasteiger partial charge in [0, 0.05) is 31.9 Å². The van der Waals surface area contributed by atoms with Crippen LogP contribution in [0.4, 0.5) is 0 Å². The minimum absolute atomic E-state index is 0. The zero-order valence-corrected chi connectivity index (χ0v) is 15.1. The first kappa shape index (κ1) is 21.2. The molecule has 136 valence electrons. The molecule has 1 unspecified atom stereocenters. The van der Waals surface area contributed by atoms with Crippen molar-refractivity contribution in [2.45, 2.75) is 12.6 Å². The highest BCUT2D eigenvalue weighted by Crippen LogP contribution is 2.18. The van der Waals surface area contributed by atoms with Gasteiger partial charge in [-0.15, -0.1) is 24.8 Å². The number of aromatic nitrogens is 1. The highest BCUT2D eigenvalue weighted by Gasteiger charge is 2.21. The van der Waals surface area contributed by atoms with Gasteiger partial charge < -0.3 is 20.1 Å². The lowest BCUT2D eigenvalue weighted by molar-refractivity contribution is -0.134. The quantitative estimate of drug-likeness (QED) is 0.825. The van der Waals surface area contributed by atoms with E-state index in [9.17, 15) is 4.79 Å². The number of benzene rings is 1. The number of halogens is 2. The van der Waals surface area contributed by atoms with Crippen LogP contribution in [-0.2, 0) is 16.1 Å². The molecule has 1 amide bonds. The molecule has 1 aliphatic rings. The molecule has 2 heterocycles. The number of amides is 1. The van der Waals surface area contributed by atoms with Gasteiger partial charge in [-0.2, -0.15) is 0 Å². The number of nitrogens with one attached hydrogen (secondary N) is 2. The fourth-order valence-electron chi connectivity index (χ4n) is 2.22. The van der Waals surface area contributed by atoms with Crippen LogP contribution in [0.1, 0.15) is 5.56 Å². The summed E-state index contributed by atoms with van der Waals surface area (Å²) in [4.78, 5) is 16.2. The van der Waals surface area contributed by atoms with E-state index in [4.69, 9.17) is 9.47 Å². The summed E-state index contributed by atoms with van der Waals surface area (Å²) >= 11 is 0. The molecular formula is C17H21Cl2N3O3. The monoisotopic (exact) mass is 385 g/mol. The normalized spacial score (nSPS) is 16.1. The van der Waals surface area contributed by atoms with Gasteiger partial charge in [-0.05, 0) is 17.7 Å². The van der Waals surface area contributed by atoms with Crippen LogP contribution < -0.4 is 15.4 Å². The number of hydrogen-bond acceptors (Lipinski definition) is 5. The number of para-hydroxylation sites is 1. The summed E-state index contributed by atoms with van der Waals surface area (Å²) in [5.41, 5.74) is 0.905. The second kappa shape index (κ2) is 10.9. The number of carbonyl (C=O) groups is 1. The van der Waals surface area contributed by atoms with Gasteiger partial charge in [0.05, 0.1) is 6.61 Å². The number of morpholine rings is 1. The van der Waals surface area contributed by atoms with Crippen molar-refractivity contribution in [1.82, 2.24) is 15.6 Å². The Morgan fingerprint density at radius 3 is 2.68 bits per heavy atom. The van der Waals surface area contributed by atoms with E-state index in [0.29, 0.717) is 25.6 Å². The largest absolute Gasteiger partial charge is 0.439 e. The van der Waals surface area contributed by atoms with Crippen LogP contribution in [0.15, 0.2) is 48.7 Å². The van der Waals surface area contributed by atoms with Gasteiger partial charge in [0.15, 0.2) is 0 Å². The molecule has 2 N–H and O–H groups in total. The van der Waals surface area contributed by atoms with Crippen LogP contribution in [-0.4, -0.2) is 36.7 Å². The van der Waals surface area contributed by atoms with E-state index < -0.39 is 6.10 Å². The van der Waals surface area contributed by atoms with Crippen molar-refractivity contribution in [2.24, 2.45) is 0 Å². The number of rotatable bonds is 5. The van der Waals surface area contributed by atoms with Gasteiger partial charge in [0.25, 0.3) is 5.91 Å². The van der Waals surface area contributed by atoms with Crippen LogP contribution in [0.25, 0.3) is 0 Å². The second-order valence-electron chi connectivity index (χ2n) is 5.20. The molecule has 0 bridgehead atoms. The smallest absolute Gasteiger partial charge is 0.250 e. The molecule has 6 nitrogen and oxygen atoms in total. The highest BCUT2D eigenvalue weighted by atomic mass is 35.5. The van der Waals surface area contributed by atoms with E-state index in [1.54, 1.807) is 12.3 Å². The van der Waals surface area contributed by atoms with E-state index in [0.717, 1.165) is 17.9 Å². The third-order valence-electron chi connectivity index (χ3n) is 3.45. The van der Waals surface area contributed by atoms with E-state index in [1.807, 2.05) is 36.4 Å². The third-order valence-corrected chi connectivity index (χ3v) is 3.45. The molecule has 1 aromatic heterocycles. The standard InChI is InChI=1S/C17H19N3O3.2ClH/c21-17(15-12-18-8-9-22-15)20-11-13-6-7-16(19-10-13)23-14-4-2-1-3-5-14;;/h1-7,10,15,18H,8-9,11-12H2,(H,20,21);2*1H. The summed E-state index contributed by atoms with van der Waals surface area (Å²) in [6.07, 6.45) is 1.27. The van der Waals surface area contributed by atoms with Crippen molar-refractivity contribution in [2.75, 3.05) is 19.7 Å². The summed E-state index contributed by atoms with van der Waals surface area (Å²) in [6, 6.07) is 13.1. The first-order valence-electron chi connectivity index (χ1n) is 7.59. The van der Waals surface area contributed by atoms with E-state index in [1.165, 1.54) is 0 Å². The minimum Gasteiger partial charge on any atom is -0.439 e. The molecule has 25 heavy (non-hydrogen) atoms. The van der Waals surface area contributed by atoms with E-state index in [2.05, 4.69) is 15.6 Å². The lowest BCUT2D eigenvalue weighted by Crippen LogP contribution is -2.47. The topological polar surface area (TPSA) is 72.5 Å². The number of nitrogens with zero attached hydrogens (tertiary/aromatic N) is 1. The van der Waals surface area contributed by atoms with Gasteiger partial charge in [-0.25, -0.2) is 4.98 Å². The minimum atomic E-state index is -0.419. The number of hydrogen-bond donors (Lipinski definition) is 2. The maximum Gasteiger partial charge on any atom is 0.250 e. The van der Waals surface area contributed by atoms with Crippen molar-refractivity contribution < 1.29 is 14.3 Å². The van der Waals surface area contributed by atoms with Crippen molar-refractivity contribution in [1.29, 1.82) is 0 Å². The molecule has 0 saturated carbocycles. The number of ether oxygens (including phenoxy) is 2. The molecule has 8 heteroatoms. The van der Waals surface area contributed by atoms with Crippen molar-refractivity contribution in [3.8, 4) is 11.6 Å². The van der Waals surface area contributed by atoms with Gasteiger partial charge in [-0.1, -0.05) is 24.3 Å². The Balaban J connectivity index is 0.00000156. The van der Waals surface area contributed by atoms with Crippen LogP contribution >= 0.6 is 24.8 Å². The maximum absolute atomic E-state index is 12.0. The van der Waals surface area contributed by atoms with Crippen LogP contribution in [0.3, 0.4) is 0 Å². The van der Waals surface area contributed by atoms with Crippen molar-refractivity contribution in [3.05, 3.63) is 54.2 Å². The van der Waals surface area contributed by atoms with Gasteiger partial charge in [0.1, 0.15) is 11.9 Å². The lowest BCUT2D eigenvalue weighted by Gasteiger charge is -2.22. The first-order valence-corrected chi connectivity index (χ1v) is 7.59. The molecule has 1 atom stereocenters. The summed E-state index contributed by atoms with van der Waals surface area (Å²) in [5, 5.41) is 5.98. The van der Waals surface area contributed by atoms with Gasteiger partial charge in [-0.3, -0.25) is 4.79 Å². The third kappa shape index (κ3) is 6.51. The Kier molecular flexibility index (Phi) is 9.23. The fraction of sp³-hybridized carbons (Fsp3) is 0.294. The molecule has 1 saturated heterocycles. The van der Waals surface area contributed by atoms with Crippen LogP contribution in [0.2, 0.25) is 0 Å². The van der Waals surface area contributed by atoms with Crippen LogP contribution in [0, 0.1) is 0 Å². The summed E-state index contributed by atoms with van der Waals surface area (Å²) in [6.45, 7) is 2.31. The predicted molar refractivity (Wildman–Crippen MR) is 99.7 cm³/mol. The Morgan fingerprint density at radius 1 is 1.24 bits per heavy atom. The lowest BCUT2D eigenvalue weighted by atomic mass is 10.2. The van der Waals surface area contributed by atoms with Crippen molar-refractivity contribution >= 4 is 30.7 Å². The molecule has 1 aliphatic heterocycles. The molecular weight excluding hydrogens is 365 g/mol. The fourth-order valence-corrected chi connectivity index (χ4v) is 2.22. The summed E-state index contributed by atoms with van der Waals surface area (Å²) in [5.74, 6) is 1.15. The molecule has 2 aromatic rings. The Hall–Kier alpha value is -1.86. The van der Waals surface area contributed by atoms with Gasteiger partial charge in [0.2, 0.25) is 5.88 Å². The molecule has 0 radical (unpaired) electrons. The average molecular weight is 386 g/mol. The predicted octanol–water partition coefficient (Wildman–Crippen LogP) is 2.32. The Bertz CT molecular complexity index is 635. The van der Waals surface area contributed by atoms with E-state index >= 15 is 0 Å². The molecule has 3 rings (SSSR count). The Morgan fingerprint density at radius 2 is 2.04 bits per heavy atom. The summed E-state index contributed by atoms with van der Waals surface area (Å²) < 4.78 is 11.0. The van der Waals surface area contributed by atoms with Crippen LogP contribution in [0.5, 0.6) is 11.6 Å². The SMILES string of the molecule is Cl.Cl.O=C(NCc1ccc(Oc2ccccc2)nc1)C1CNCCO1. The Labute approximate surface area is 159 Å². The maximum atomic E-state index is 12.0. The average Bonchev–Trinajstić information content (AvgIpc) is 2.62. The zero-order chi connectivity index (χ0) is 15.9. The second-order valence-corrected chi connectivity index (χ2v) is 5.20. The molecule has 1 fully saturated rings. The first-order chi connectivity index (χ1) is 11.3.